The highest BCUT2D eigenvalue weighted by Gasteiger charge is 2.22. The summed E-state index contributed by atoms with van der Waals surface area (Å²) in [7, 11) is -2.74. The van der Waals surface area contributed by atoms with Crippen LogP contribution in [-0.4, -0.2) is 33.7 Å². The van der Waals surface area contributed by atoms with Crippen LogP contribution in [0.4, 0.5) is 4.79 Å². The van der Waals surface area contributed by atoms with Crippen LogP contribution in [0.1, 0.15) is 30.7 Å². The number of benzene rings is 1. The maximum Gasteiger partial charge on any atom is 0.328 e. The van der Waals surface area contributed by atoms with Crippen molar-refractivity contribution < 1.29 is 22.4 Å². The van der Waals surface area contributed by atoms with Crippen molar-refractivity contribution in [2.24, 2.45) is 0 Å². The topological polar surface area (TPSA) is 118 Å². The third-order valence-corrected chi connectivity index (χ3v) is 6.26. The molecule has 0 spiro atoms. The van der Waals surface area contributed by atoms with E-state index >= 15 is 0 Å². The van der Waals surface area contributed by atoms with Crippen LogP contribution in [0, 0.1) is 0 Å². The molecule has 1 aromatic heterocycles. The largest absolute Gasteiger partial charge is 0.467 e. The molecule has 1 unspecified atom stereocenters. The number of nitrogens with one attached hydrogen (secondary N) is 3. The summed E-state index contributed by atoms with van der Waals surface area (Å²) < 4.78 is 32.3. The van der Waals surface area contributed by atoms with Crippen LogP contribution in [0.2, 0.25) is 0 Å². The van der Waals surface area contributed by atoms with E-state index in [1.807, 2.05) is 11.6 Å². The number of furan rings is 1. The summed E-state index contributed by atoms with van der Waals surface area (Å²) in [4.78, 5) is 24.3. The molecule has 1 atom stereocenters. The smallest absolute Gasteiger partial charge is 0.328 e. The summed E-state index contributed by atoms with van der Waals surface area (Å²) in [5.41, 5.74) is 0.516. The van der Waals surface area contributed by atoms with Crippen molar-refractivity contribution in [1.29, 1.82) is 0 Å². The van der Waals surface area contributed by atoms with Gasteiger partial charge in [0.25, 0.3) is 10.0 Å². The summed E-state index contributed by atoms with van der Waals surface area (Å²) in [5.74, 6) is 0.398. The van der Waals surface area contributed by atoms with Crippen molar-refractivity contribution in [3.63, 3.8) is 0 Å². The van der Waals surface area contributed by atoms with Crippen molar-refractivity contribution in [2.45, 2.75) is 35.6 Å². The van der Waals surface area contributed by atoms with Gasteiger partial charge in [-0.3, -0.25) is 4.79 Å². The second-order valence-electron chi connectivity index (χ2n) is 5.89. The van der Waals surface area contributed by atoms with Crippen molar-refractivity contribution in [3.05, 3.63) is 47.9 Å². The summed E-state index contributed by atoms with van der Waals surface area (Å²) in [6.07, 6.45) is 3.92. The number of thioether (sulfide) groups is 1. The van der Waals surface area contributed by atoms with Crippen LogP contribution < -0.4 is 15.4 Å². The Kier molecular flexibility index (Phi) is 7.53. The number of hydrogen-bond acceptors (Lipinski definition) is 6. The number of carbonyl (C=O) groups excluding carboxylic acids is 2. The zero-order valence-electron chi connectivity index (χ0n) is 15.8. The van der Waals surface area contributed by atoms with Gasteiger partial charge in [-0.05, 0) is 42.5 Å². The Morgan fingerprint density at radius 3 is 2.57 bits per heavy atom. The molecule has 3 N–H and O–H groups in total. The third-order valence-electron chi connectivity index (χ3n) is 3.97. The monoisotopic (exact) mass is 425 g/mol. The maximum atomic E-state index is 12.5. The van der Waals surface area contributed by atoms with E-state index in [-0.39, 0.29) is 23.3 Å². The van der Waals surface area contributed by atoms with Crippen LogP contribution in [0.15, 0.2) is 50.8 Å². The number of urea groups is 1. The van der Waals surface area contributed by atoms with E-state index in [1.165, 1.54) is 24.9 Å². The molecule has 0 saturated carbocycles. The summed E-state index contributed by atoms with van der Waals surface area (Å²) in [6, 6.07) is 7.17. The van der Waals surface area contributed by atoms with Gasteiger partial charge in [-0.25, -0.2) is 17.9 Å². The van der Waals surface area contributed by atoms with E-state index < -0.39 is 16.1 Å². The van der Waals surface area contributed by atoms with Crippen LogP contribution >= 0.6 is 11.8 Å². The highest BCUT2D eigenvalue weighted by molar-refractivity contribution is 7.99. The molecular formula is C18H23N3O5S2. The predicted molar refractivity (Wildman–Crippen MR) is 107 cm³/mol. The molecule has 0 aliphatic heterocycles. The molecule has 2 aromatic rings. The van der Waals surface area contributed by atoms with Gasteiger partial charge in [-0.1, -0.05) is 13.0 Å². The van der Waals surface area contributed by atoms with E-state index in [9.17, 15) is 18.0 Å². The number of sulfonamides is 1. The van der Waals surface area contributed by atoms with E-state index in [0.717, 1.165) is 0 Å². The van der Waals surface area contributed by atoms with Crippen molar-refractivity contribution >= 4 is 33.7 Å². The molecular weight excluding hydrogens is 402 g/mol. The van der Waals surface area contributed by atoms with Crippen LogP contribution in [0.25, 0.3) is 0 Å². The lowest BCUT2D eigenvalue weighted by Gasteiger charge is -2.15. The molecule has 1 aromatic carbocycles. The van der Waals surface area contributed by atoms with Crippen molar-refractivity contribution in [1.82, 2.24) is 15.4 Å². The average molecular weight is 426 g/mol. The standard InChI is InChI=1S/C18H23N3O5S2/c1-4-13(14-6-5-9-26-14)20-17(22)11-12-7-8-15(27-3)16(10-12)28(24,25)21-18(23)19-2/h5-10,13H,4,11H2,1-3H3,(H,20,22)(H2,19,21,23). The van der Waals surface area contributed by atoms with Gasteiger partial charge in [0.1, 0.15) is 10.7 Å². The first-order valence-electron chi connectivity index (χ1n) is 8.55. The van der Waals surface area contributed by atoms with Crippen molar-refractivity contribution in [3.8, 4) is 0 Å². The van der Waals surface area contributed by atoms with Gasteiger partial charge in [0, 0.05) is 11.9 Å². The second kappa shape index (κ2) is 9.65. The van der Waals surface area contributed by atoms with Crippen LogP contribution in [0.3, 0.4) is 0 Å². The van der Waals surface area contributed by atoms with E-state index in [0.29, 0.717) is 22.6 Å². The van der Waals surface area contributed by atoms with Gasteiger partial charge in [-0.15, -0.1) is 11.8 Å². The van der Waals surface area contributed by atoms with E-state index in [2.05, 4.69) is 10.6 Å². The van der Waals surface area contributed by atoms with Gasteiger partial charge in [0.05, 0.1) is 18.7 Å². The summed E-state index contributed by atoms with van der Waals surface area (Å²) in [5, 5.41) is 5.09. The number of hydrogen-bond donors (Lipinski definition) is 3. The quantitative estimate of drug-likeness (QED) is 0.559. The highest BCUT2D eigenvalue weighted by atomic mass is 32.2. The summed E-state index contributed by atoms with van der Waals surface area (Å²) in [6.45, 7) is 1.93. The fourth-order valence-corrected chi connectivity index (χ4v) is 4.70. The zero-order valence-corrected chi connectivity index (χ0v) is 17.4. The fraction of sp³-hybridized carbons (Fsp3) is 0.333. The Hall–Kier alpha value is -2.46. The molecule has 1 heterocycles. The lowest BCUT2D eigenvalue weighted by atomic mass is 10.1. The lowest BCUT2D eigenvalue weighted by molar-refractivity contribution is -0.121. The summed E-state index contributed by atoms with van der Waals surface area (Å²) >= 11 is 1.23. The molecule has 3 amide bonds. The molecule has 2 rings (SSSR count). The Bertz CT molecular complexity index is 927. The van der Waals surface area contributed by atoms with Crippen LogP contribution in [0.5, 0.6) is 0 Å². The minimum Gasteiger partial charge on any atom is -0.467 e. The Labute approximate surface area is 168 Å². The first-order valence-corrected chi connectivity index (χ1v) is 11.3. The third kappa shape index (κ3) is 5.52. The molecule has 0 fully saturated rings. The van der Waals surface area contributed by atoms with E-state index in [4.69, 9.17) is 4.42 Å². The molecule has 8 nitrogen and oxygen atoms in total. The minimum atomic E-state index is -4.07. The number of carbonyl (C=O) groups is 2. The molecule has 152 valence electrons. The molecule has 0 saturated heterocycles. The Morgan fingerprint density at radius 1 is 1.25 bits per heavy atom. The zero-order chi connectivity index (χ0) is 20.7. The molecule has 0 bridgehead atoms. The Morgan fingerprint density at radius 2 is 2.00 bits per heavy atom. The van der Waals surface area contributed by atoms with E-state index in [1.54, 1.807) is 36.8 Å². The normalized spacial score (nSPS) is 12.2. The SMILES string of the molecule is CCC(NC(=O)Cc1ccc(SC)c(S(=O)(=O)NC(=O)NC)c1)c1ccco1. The molecule has 0 aliphatic rings. The maximum absolute atomic E-state index is 12.5. The van der Waals surface area contributed by atoms with Gasteiger partial charge in [0.15, 0.2) is 0 Å². The second-order valence-corrected chi connectivity index (χ2v) is 8.39. The first kappa shape index (κ1) is 21.8. The van der Waals surface area contributed by atoms with Crippen LogP contribution in [-0.2, 0) is 21.2 Å². The average Bonchev–Trinajstić information content (AvgIpc) is 3.20. The van der Waals surface area contributed by atoms with Gasteiger partial charge >= 0.3 is 6.03 Å². The predicted octanol–water partition coefficient (Wildman–Crippen LogP) is 2.43. The fourth-order valence-electron chi connectivity index (χ4n) is 2.56. The first-order chi connectivity index (χ1) is 13.3. The Balaban J connectivity index is 2.20. The minimum absolute atomic E-state index is 0.00559. The van der Waals surface area contributed by atoms with Gasteiger partial charge in [0.2, 0.25) is 5.91 Å². The highest BCUT2D eigenvalue weighted by Crippen LogP contribution is 2.26. The van der Waals surface area contributed by atoms with Gasteiger partial charge in [-0.2, -0.15) is 0 Å². The lowest BCUT2D eigenvalue weighted by Crippen LogP contribution is -2.37. The molecule has 0 radical (unpaired) electrons. The molecule has 10 heteroatoms. The molecule has 0 aliphatic carbocycles. The van der Waals surface area contributed by atoms with Gasteiger partial charge < -0.3 is 15.1 Å². The van der Waals surface area contributed by atoms with Crippen molar-refractivity contribution in [2.75, 3.05) is 13.3 Å². The number of amides is 3. The number of rotatable bonds is 8. The molecule has 28 heavy (non-hydrogen) atoms.